The molecule has 2 rings (SSSR count). The molecule has 1 fully saturated rings. The van der Waals surface area contributed by atoms with Gasteiger partial charge in [0.25, 0.3) is 0 Å². The largest absolute Gasteiger partial charge is 0.378 e. The fraction of sp³-hybridized carbons (Fsp3) is 0.571. The maximum Gasteiger partial charge on any atom is 0.161 e. The molecule has 12 heavy (non-hydrogen) atoms. The molecule has 0 atom stereocenters. The van der Waals surface area contributed by atoms with Crippen LogP contribution in [0.4, 0.5) is 5.82 Å². The van der Waals surface area contributed by atoms with Gasteiger partial charge in [-0.3, -0.25) is 0 Å². The third-order valence-electron chi connectivity index (χ3n) is 1.80. The third kappa shape index (κ3) is 1.78. The lowest BCUT2D eigenvalue weighted by molar-refractivity contribution is 0.122. The summed E-state index contributed by atoms with van der Waals surface area (Å²) < 4.78 is 6.20. The highest BCUT2D eigenvalue weighted by Gasteiger charge is 2.13. The highest BCUT2D eigenvalue weighted by atomic mass is 79.9. The van der Waals surface area contributed by atoms with Gasteiger partial charge in [0.2, 0.25) is 0 Å². The lowest BCUT2D eigenvalue weighted by atomic mass is 10.4. The summed E-state index contributed by atoms with van der Waals surface area (Å²) in [6, 6.07) is 0. The van der Waals surface area contributed by atoms with Crippen LogP contribution in [-0.2, 0) is 4.74 Å². The van der Waals surface area contributed by atoms with E-state index in [1.165, 1.54) is 0 Å². The van der Waals surface area contributed by atoms with Gasteiger partial charge in [0, 0.05) is 18.5 Å². The molecule has 5 heteroatoms. The number of rotatable bonds is 1. The Morgan fingerprint density at radius 3 is 2.83 bits per heavy atom. The summed E-state index contributed by atoms with van der Waals surface area (Å²) in [5, 5.41) is 2.06. The van der Waals surface area contributed by atoms with Gasteiger partial charge in [-0.05, 0) is 15.9 Å². The fourth-order valence-electron chi connectivity index (χ4n) is 1.18. The summed E-state index contributed by atoms with van der Waals surface area (Å²) in [5.74, 6) is 1.06. The molecule has 0 radical (unpaired) electrons. The second-order valence-corrected chi connectivity index (χ2v) is 4.69. The Morgan fingerprint density at radius 1 is 1.50 bits per heavy atom. The topological polar surface area (TPSA) is 25.4 Å². The first-order chi connectivity index (χ1) is 5.86. The van der Waals surface area contributed by atoms with E-state index < -0.39 is 0 Å². The molecular formula is C7H9BrN2OS. The summed E-state index contributed by atoms with van der Waals surface area (Å²) in [7, 11) is 0. The van der Waals surface area contributed by atoms with Gasteiger partial charge < -0.3 is 9.64 Å². The molecule has 3 nitrogen and oxygen atoms in total. The first-order valence-electron chi connectivity index (χ1n) is 3.80. The maximum atomic E-state index is 5.25. The van der Waals surface area contributed by atoms with Gasteiger partial charge in [-0.2, -0.15) is 0 Å². The quantitative estimate of drug-likeness (QED) is 0.758. The zero-order chi connectivity index (χ0) is 8.39. The monoisotopic (exact) mass is 248 g/mol. The van der Waals surface area contributed by atoms with Gasteiger partial charge in [-0.15, -0.1) is 11.3 Å². The van der Waals surface area contributed by atoms with E-state index in [4.69, 9.17) is 4.74 Å². The van der Waals surface area contributed by atoms with Crippen LogP contribution in [0.2, 0.25) is 0 Å². The number of halogens is 1. The SMILES string of the molecule is Brc1nc(N2CCOCC2)cs1. The standard InChI is InChI=1S/C7H9BrN2OS/c8-7-9-6(5-12-7)10-1-3-11-4-2-10/h5H,1-4H2. The van der Waals surface area contributed by atoms with Gasteiger partial charge in [-0.1, -0.05) is 0 Å². The van der Waals surface area contributed by atoms with Gasteiger partial charge in [0.15, 0.2) is 3.92 Å². The molecular weight excluding hydrogens is 240 g/mol. The second kappa shape index (κ2) is 3.72. The summed E-state index contributed by atoms with van der Waals surface area (Å²) in [6.07, 6.45) is 0. The summed E-state index contributed by atoms with van der Waals surface area (Å²) in [5.41, 5.74) is 0. The Labute approximate surface area is 83.5 Å². The van der Waals surface area contributed by atoms with Crippen LogP contribution in [0.1, 0.15) is 0 Å². The Morgan fingerprint density at radius 2 is 2.25 bits per heavy atom. The van der Waals surface area contributed by atoms with E-state index in [0.29, 0.717) is 0 Å². The molecule has 1 aliphatic rings. The van der Waals surface area contributed by atoms with Crippen LogP contribution in [0.3, 0.4) is 0 Å². The van der Waals surface area contributed by atoms with Crippen LogP contribution in [-0.4, -0.2) is 31.3 Å². The van der Waals surface area contributed by atoms with Crippen LogP contribution in [0.25, 0.3) is 0 Å². The third-order valence-corrected chi connectivity index (χ3v) is 3.15. The van der Waals surface area contributed by atoms with E-state index in [0.717, 1.165) is 36.0 Å². The molecule has 0 bridgehead atoms. The van der Waals surface area contributed by atoms with Gasteiger partial charge >= 0.3 is 0 Å². The first-order valence-corrected chi connectivity index (χ1v) is 5.47. The van der Waals surface area contributed by atoms with Crippen molar-refractivity contribution in [2.45, 2.75) is 0 Å². The normalized spacial score (nSPS) is 18.2. The number of nitrogens with zero attached hydrogens (tertiary/aromatic N) is 2. The van der Waals surface area contributed by atoms with Crippen LogP contribution in [0, 0.1) is 0 Å². The molecule has 0 spiro atoms. The van der Waals surface area contributed by atoms with Crippen molar-refractivity contribution in [1.29, 1.82) is 0 Å². The highest BCUT2D eigenvalue weighted by Crippen LogP contribution is 2.22. The minimum Gasteiger partial charge on any atom is -0.378 e. The summed E-state index contributed by atoms with van der Waals surface area (Å²) in [6.45, 7) is 3.54. The van der Waals surface area contributed by atoms with Crippen LogP contribution in [0.15, 0.2) is 9.30 Å². The smallest absolute Gasteiger partial charge is 0.161 e. The average Bonchev–Trinajstić information content (AvgIpc) is 2.54. The van der Waals surface area contributed by atoms with Crippen molar-refractivity contribution < 1.29 is 4.74 Å². The van der Waals surface area contributed by atoms with Crippen LogP contribution >= 0.6 is 27.3 Å². The van der Waals surface area contributed by atoms with Gasteiger partial charge in [0.05, 0.1) is 13.2 Å². The van der Waals surface area contributed by atoms with E-state index in [9.17, 15) is 0 Å². The van der Waals surface area contributed by atoms with E-state index in [-0.39, 0.29) is 0 Å². The van der Waals surface area contributed by atoms with Crippen molar-refractivity contribution in [3.05, 3.63) is 9.30 Å². The Kier molecular flexibility index (Phi) is 2.63. The number of aromatic nitrogens is 1. The van der Waals surface area contributed by atoms with Crippen molar-refractivity contribution in [3.63, 3.8) is 0 Å². The number of hydrogen-bond acceptors (Lipinski definition) is 4. The van der Waals surface area contributed by atoms with Gasteiger partial charge in [-0.25, -0.2) is 4.98 Å². The minimum absolute atomic E-state index is 0.815. The fourth-order valence-corrected chi connectivity index (χ4v) is 2.19. The molecule has 0 aromatic carbocycles. The van der Waals surface area contributed by atoms with Crippen molar-refractivity contribution in [1.82, 2.24) is 4.98 Å². The van der Waals surface area contributed by atoms with Crippen molar-refractivity contribution in [3.8, 4) is 0 Å². The Bertz CT molecular complexity index is 260. The van der Waals surface area contributed by atoms with Crippen LogP contribution in [0.5, 0.6) is 0 Å². The zero-order valence-corrected chi connectivity index (χ0v) is 8.90. The molecule has 0 amide bonds. The molecule has 0 saturated carbocycles. The predicted octanol–water partition coefficient (Wildman–Crippen LogP) is 1.74. The minimum atomic E-state index is 0.815. The highest BCUT2D eigenvalue weighted by molar-refractivity contribution is 9.11. The van der Waals surface area contributed by atoms with Crippen LogP contribution < -0.4 is 4.90 Å². The maximum absolute atomic E-state index is 5.25. The molecule has 1 aromatic heterocycles. The molecule has 0 N–H and O–H groups in total. The Balaban J connectivity index is 2.08. The molecule has 1 aliphatic heterocycles. The van der Waals surface area contributed by atoms with Crippen molar-refractivity contribution in [2.75, 3.05) is 31.2 Å². The first kappa shape index (κ1) is 8.47. The van der Waals surface area contributed by atoms with Crippen molar-refractivity contribution >= 4 is 33.1 Å². The summed E-state index contributed by atoms with van der Waals surface area (Å²) >= 11 is 4.97. The van der Waals surface area contributed by atoms with Gasteiger partial charge in [0.1, 0.15) is 5.82 Å². The number of ether oxygens (including phenoxy) is 1. The van der Waals surface area contributed by atoms with E-state index in [1.54, 1.807) is 11.3 Å². The van der Waals surface area contributed by atoms with E-state index >= 15 is 0 Å². The number of morpholine rings is 1. The summed E-state index contributed by atoms with van der Waals surface area (Å²) in [4.78, 5) is 6.58. The second-order valence-electron chi connectivity index (χ2n) is 2.56. The number of thiazole rings is 1. The molecule has 0 aliphatic carbocycles. The zero-order valence-electron chi connectivity index (χ0n) is 6.49. The lowest BCUT2D eigenvalue weighted by Gasteiger charge is -2.26. The van der Waals surface area contributed by atoms with E-state index in [2.05, 4.69) is 31.2 Å². The molecule has 66 valence electrons. The lowest BCUT2D eigenvalue weighted by Crippen LogP contribution is -2.36. The number of hydrogen-bond donors (Lipinski definition) is 0. The predicted molar refractivity (Wildman–Crippen MR) is 52.8 cm³/mol. The van der Waals surface area contributed by atoms with Crippen molar-refractivity contribution in [2.24, 2.45) is 0 Å². The average molecular weight is 249 g/mol. The molecule has 2 heterocycles. The molecule has 1 aromatic rings. The molecule has 1 saturated heterocycles. The van der Waals surface area contributed by atoms with E-state index in [1.807, 2.05) is 0 Å². The Hall–Kier alpha value is -0.130. The number of anilines is 1. The molecule has 0 unspecified atom stereocenters.